The standard InChI is InChI=1S/C23H19F3N2O/c1-29-18-13-11-16(12-14-18)21-15-22(28(27-21)17-7-3-2-4-8-17)19-9-5-6-10-20(19)23(24,25)26/h2-14,22H,15H2,1H3. The minimum Gasteiger partial charge on any atom is -0.497 e. The van der Waals surface area contributed by atoms with Crippen molar-refractivity contribution < 1.29 is 17.9 Å². The van der Waals surface area contributed by atoms with Crippen molar-refractivity contribution in [2.24, 2.45) is 5.10 Å². The van der Waals surface area contributed by atoms with Gasteiger partial charge in [0.15, 0.2) is 0 Å². The Morgan fingerprint density at radius 2 is 1.55 bits per heavy atom. The van der Waals surface area contributed by atoms with Crippen molar-refractivity contribution in [1.29, 1.82) is 0 Å². The van der Waals surface area contributed by atoms with Crippen LogP contribution in [0, 0.1) is 0 Å². The van der Waals surface area contributed by atoms with Gasteiger partial charge in [-0.3, -0.25) is 5.01 Å². The third-order valence-electron chi connectivity index (χ3n) is 4.98. The Bertz CT molecular complexity index is 1010. The Morgan fingerprint density at radius 1 is 0.897 bits per heavy atom. The number of hydrogen-bond donors (Lipinski definition) is 0. The zero-order valence-electron chi connectivity index (χ0n) is 15.7. The molecule has 29 heavy (non-hydrogen) atoms. The molecule has 0 aliphatic carbocycles. The minimum absolute atomic E-state index is 0.219. The van der Waals surface area contributed by atoms with Gasteiger partial charge in [0.25, 0.3) is 0 Å². The second-order valence-electron chi connectivity index (χ2n) is 6.76. The van der Waals surface area contributed by atoms with E-state index in [0.717, 1.165) is 23.0 Å². The summed E-state index contributed by atoms with van der Waals surface area (Å²) in [6.45, 7) is 0. The number of methoxy groups -OCH3 is 1. The van der Waals surface area contributed by atoms with Gasteiger partial charge < -0.3 is 4.74 Å². The van der Waals surface area contributed by atoms with Crippen molar-refractivity contribution >= 4 is 11.4 Å². The highest BCUT2D eigenvalue weighted by Gasteiger charge is 2.39. The molecule has 1 aliphatic rings. The predicted octanol–water partition coefficient (Wildman–Crippen LogP) is 6.07. The average molecular weight is 396 g/mol. The van der Waals surface area contributed by atoms with Crippen molar-refractivity contribution in [3.8, 4) is 5.75 Å². The van der Waals surface area contributed by atoms with E-state index >= 15 is 0 Å². The van der Waals surface area contributed by atoms with E-state index < -0.39 is 17.8 Å². The predicted molar refractivity (Wildman–Crippen MR) is 107 cm³/mol. The normalized spacial score (nSPS) is 16.6. The molecule has 3 aromatic carbocycles. The number of hydrogen-bond acceptors (Lipinski definition) is 3. The number of benzene rings is 3. The van der Waals surface area contributed by atoms with Crippen molar-refractivity contribution in [2.45, 2.75) is 18.6 Å². The lowest BCUT2D eigenvalue weighted by Gasteiger charge is -2.26. The first-order chi connectivity index (χ1) is 14.0. The number of hydrazone groups is 1. The van der Waals surface area contributed by atoms with Gasteiger partial charge in [-0.15, -0.1) is 0 Å². The first-order valence-electron chi connectivity index (χ1n) is 9.19. The molecule has 1 unspecified atom stereocenters. The SMILES string of the molecule is COc1ccc(C2=NN(c3ccccc3)C(c3ccccc3C(F)(F)F)C2)cc1. The van der Waals surface area contributed by atoms with Crippen LogP contribution in [0.25, 0.3) is 0 Å². The molecule has 3 aromatic rings. The first kappa shape index (κ1) is 19.1. The van der Waals surface area contributed by atoms with Gasteiger partial charge in [-0.1, -0.05) is 36.4 Å². The average Bonchev–Trinajstić information content (AvgIpc) is 3.19. The fourth-order valence-corrected chi connectivity index (χ4v) is 3.58. The van der Waals surface area contributed by atoms with Crippen LogP contribution in [0.15, 0.2) is 84.0 Å². The van der Waals surface area contributed by atoms with Crippen LogP contribution in [0.4, 0.5) is 18.9 Å². The van der Waals surface area contributed by atoms with Gasteiger partial charge in [-0.2, -0.15) is 18.3 Å². The lowest BCUT2D eigenvalue weighted by atomic mass is 9.94. The second kappa shape index (κ2) is 7.62. The molecular weight excluding hydrogens is 377 g/mol. The van der Waals surface area contributed by atoms with Gasteiger partial charge in [-0.25, -0.2) is 0 Å². The molecule has 1 atom stereocenters. The molecule has 0 fully saturated rings. The maximum Gasteiger partial charge on any atom is 0.416 e. The molecule has 148 valence electrons. The number of para-hydroxylation sites is 1. The smallest absolute Gasteiger partial charge is 0.416 e. The molecule has 0 saturated carbocycles. The quantitative estimate of drug-likeness (QED) is 0.535. The van der Waals surface area contributed by atoms with Crippen LogP contribution < -0.4 is 9.75 Å². The number of rotatable bonds is 4. The Hall–Kier alpha value is -3.28. The van der Waals surface area contributed by atoms with Gasteiger partial charge in [0, 0.05) is 6.42 Å². The van der Waals surface area contributed by atoms with E-state index in [1.54, 1.807) is 18.2 Å². The molecular formula is C23H19F3N2O. The fourth-order valence-electron chi connectivity index (χ4n) is 3.58. The molecule has 1 aliphatic heterocycles. The highest BCUT2D eigenvalue weighted by molar-refractivity contribution is 6.03. The summed E-state index contributed by atoms with van der Waals surface area (Å²) in [6.07, 6.45) is -4.06. The molecule has 0 saturated heterocycles. The van der Waals surface area contributed by atoms with Crippen LogP contribution in [0.5, 0.6) is 5.75 Å². The largest absolute Gasteiger partial charge is 0.497 e. The Labute approximate surface area is 167 Å². The minimum atomic E-state index is -4.43. The molecule has 1 heterocycles. The Morgan fingerprint density at radius 3 is 2.21 bits per heavy atom. The van der Waals surface area contributed by atoms with Gasteiger partial charge >= 0.3 is 6.18 Å². The van der Waals surface area contributed by atoms with Crippen LogP contribution in [0.2, 0.25) is 0 Å². The number of nitrogens with zero attached hydrogens (tertiary/aromatic N) is 2. The van der Waals surface area contributed by atoms with E-state index in [-0.39, 0.29) is 5.56 Å². The maximum absolute atomic E-state index is 13.7. The summed E-state index contributed by atoms with van der Waals surface area (Å²) in [5, 5.41) is 6.39. The third-order valence-corrected chi connectivity index (χ3v) is 4.98. The molecule has 0 bridgehead atoms. The van der Waals surface area contributed by atoms with Crippen LogP contribution in [-0.2, 0) is 6.18 Å². The van der Waals surface area contributed by atoms with Crippen molar-refractivity contribution in [1.82, 2.24) is 0 Å². The molecule has 0 spiro atoms. The molecule has 0 amide bonds. The summed E-state index contributed by atoms with van der Waals surface area (Å²) < 4.78 is 46.2. The van der Waals surface area contributed by atoms with E-state index in [4.69, 9.17) is 9.84 Å². The monoisotopic (exact) mass is 396 g/mol. The van der Waals surface area contributed by atoms with E-state index in [0.29, 0.717) is 12.2 Å². The molecule has 4 rings (SSSR count). The third kappa shape index (κ3) is 3.83. The molecule has 0 N–H and O–H groups in total. The first-order valence-corrected chi connectivity index (χ1v) is 9.19. The maximum atomic E-state index is 13.7. The lowest BCUT2D eigenvalue weighted by molar-refractivity contribution is -0.138. The van der Waals surface area contributed by atoms with Crippen LogP contribution >= 0.6 is 0 Å². The van der Waals surface area contributed by atoms with E-state index in [2.05, 4.69) is 0 Å². The van der Waals surface area contributed by atoms with E-state index in [1.807, 2.05) is 54.6 Å². The van der Waals surface area contributed by atoms with Gasteiger partial charge in [0.05, 0.1) is 30.1 Å². The summed E-state index contributed by atoms with van der Waals surface area (Å²) >= 11 is 0. The zero-order valence-corrected chi connectivity index (χ0v) is 15.7. The van der Waals surface area contributed by atoms with E-state index in [1.165, 1.54) is 12.1 Å². The van der Waals surface area contributed by atoms with Gasteiger partial charge in [0.1, 0.15) is 5.75 Å². The van der Waals surface area contributed by atoms with E-state index in [9.17, 15) is 13.2 Å². The van der Waals surface area contributed by atoms with Crippen LogP contribution in [0.1, 0.15) is 29.2 Å². The number of ether oxygens (including phenoxy) is 1. The Kier molecular flexibility index (Phi) is 5.01. The molecule has 0 aromatic heterocycles. The van der Waals surface area contributed by atoms with Crippen molar-refractivity contribution in [3.63, 3.8) is 0 Å². The van der Waals surface area contributed by atoms with Crippen LogP contribution in [-0.4, -0.2) is 12.8 Å². The fraction of sp³-hybridized carbons (Fsp3) is 0.174. The molecule has 3 nitrogen and oxygen atoms in total. The summed E-state index contributed by atoms with van der Waals surface area (Å²) in [5.41, 5.74) is 1.93. The topological polar surface area (TPSA) is 24.8 Å². The number of anilines is 1. The second-order valence-corrected chi connectivity index (χ2v) is 6.76. The zero-order chi connectivity index (χ0) is 20.4. The molecule has 0 radical (unpaired) electrons. The summed E-state index contributed by atoms with van der Waals surface area (Å²) in [5.74, 6) is 0.714. The highest BCUT2D eigenvalue weighted by Crippen LogP contribution is 2.42. The van der Waals surface area contributed by atoms with Crippen molar-refractivity contribution in [3.05, 3.63) is 95.6 Å². The van der Waals surface area contributed by atoms with Crippen LogP contribution in [0.3, 0.4) is 0 Å². The lowest BCUT2D eigenvalue weighted by Crippen LogP contribution is -2.22. The number of halogens is 3. The van der Waals surface area contributed by atoms with Gasteiger partial charge in [0.2, 0.25) is 0 Å². The Balaban J connectivity index is 1.78. The summed E-state index contributed by atoms with van der Waals surface area (Å²) in [4.78, 5) is 0. The molecule has 6 heteroatoms. The van der Waals surface area contributed by atoms with Crippen molar-refractivity contribution in [2.75, 3.05) is 12.1 Å². The summed E-state index contributed by atoms with van der Waals surface area (Å²) in [6, 6.07) is 21.8. The number of alkyl halides is 3. The summed E-state index contributed by atoms with van der Waals surface area (Å²) in [7, 11) is 1.59. The van der Waals surface area contributed by atoms with Gasteiger partial charge in [-0.05, 0) is 53.6 Å². The highest BCUT2D eigenvalue weighted by atomic mass is 19.4.